The van der Waals surface area contributed by atoms with E-state index in [0.29, 0.717) is 0 Å². The second kappa shape index (κ2) is 7.04. The highest BCUT2D eigenvalue weighted by molar-refractivity contribution is 7.79. The standard InChI is InChI=1S/C15H11F2N5O3S/c16-7-3-6(4-8(17)11(7)9-1-2-18-22-9)19-13(23)12-14(24)20-10(5-26)21-15(12)25/h1,3-4,26H,2,5H2,(H,19,23)(H2,20,21,24,25). The van der Waals surface area contributed by atoms with E-state index >= 15 is 0 Å². The van der Waals surface area contributed by atoms with Crippen LogP contribution in [0.25, 0.3) is 5.70 Å². The number of H-pyrrole nitrogens is 1. The second-order valence-corrected chi connectivity index (χ2v) is 5.47. The van der Waals surface area contributed by atoms with Gasteiger partial charge in [0.2, 0.25) is 5.88 Å². The summed E-state index contributed by atoms with van der Waals surface area (Å²) in [7, 11) is 0. The van der Waals surface area contributed by atoms with E-state index in [0.717, 1.165) is 12.1 Å². The van der Waals surface area contributed by atoms with Crippen molar-refractivity contribution in [3.63, 3.8) is 0 Å². The number of amides is 1. The molecule has 0 fully saturated rings. The van der Waals surface area contributed by atoms with Gasteiger partial charge < -0.3 is 15.4 Å². The van der Waals surface area contributed by atoms with Gasteiger partial charge in [0.15, 0.2) is 5.56 Å². The number of aromatic nitrogens is 2. The van der Waals surface area contributed by atoms with Gasteiger partial charge in [-0.15, -0.1) is 0 Å². The maximum Gasteiger partial charge on any atom is 0.267 e. The predicted molar refractivity (Wildman–Crippen MR) is 91.2 cm³/mol. The van der Waals surface area contributed by atoms with E-state index < -0.39 is 34.5 Å². The van der Waals surface area contributed by atoms with Crippen LogP contribution in [0.1, 0.15) is 21.7 Å². The molecule has 0 spiro atoms. The number of azo groups is 1. The average molecular weight is 379 g/mol. The molecule has 0 unspecified atom stereocenters. The maximum absolute atomic E-state index is 14.2. The number of thiol groups is 1. The van der Waals surface area contributed by atoms with Gasteiger partial charge in [-0.2, -0.15) is 27.8 Å². The molecule has 11 heteroatoms. The minimum atomic E-state index is -1.08. The number of halogens is 2. The zero-order valence-electron chi connectivity index (χ0n) is 13.0. The molecule has 0 atom stereocenters. The quantitative estimate of drug-likeness (QED) is 0.609. The Labute approximate surface area is 150 Å². The van der Waals surface area contributed by atoms with Crippen LogP contribution >= 0.6 is 12.6 Å². The lowest BCUT2D eigenvalue weighted by molar-refractivity contribution is 0.102. The fraction of sp³-hybridized carbons (Fsp3) is 0.133. The maximum atomic E-state index is 14.2. The first-order valence-electron chi connectivity index (χ1n) is 7.22. The number of carbonyl (C=O) groups is 1. The van der Waals surface area contributed by atoms with Crippen LogP contribution in [0.4, 0.5) is 14.5 Å². The molecule has 0 radical (unpaired) electrons. The summed E-state index contributed by atoms with van der Waals surface area (Å²) in [6, 6.07) is 1.73. The zero-order chi connectivity index (χ0) is 18.8. The van der Waals surface area contributed by atoms with Gasteiger partial charge in [-0.3, -0.25) is 9.59 Å². The Hall–Kier alpha value is -3.08. The highest BCUT2D eigenvalue weighted by Gasteiger charge is 2.21. The number of benzene rings is 1. The fourth-order valence-electron chi connectivity index (χ4n) is 2.31. The normalized spacial score (nSPS) is 13.0. The minimum Gasteiger partial charge on any atom is -0.493 e. The Bertz CT molecular complexity index is 996. The SMILES string of the molecule is O=C(Nc1cc(F)c(C2=CCN=N2)c(F)c1)c1c(O)nc(CS)[nH]c1=O. The molecule has 3 N–H and O–H groups in total. The van der Waals surface area contributed by atoms with Gasteiger partial charge in [-0.1, -0.05) is 0 Å². The third-order valence-electron chi connectivity index (χ3n) is 3.43. The highest BCUT2D eigenvalue weighted by atomic mass is 32.1. The summed E-state index contributed by atoms with van der Waals surface area (Å²) in [6.07, 6.45) is 1.45. The van der Waals surface area contributed by atoms with Gasteiger partial charge in [0.25, 0.3) is 11.5 Å². The second-order valence-electron chi connectivity index (χ2n) is 5.15. The molecule has 0 saturated carbocycles. The molecule has 2 aromatic rings. The summed E-state index contributed by atoms with van der Waals surface area (Å²) in [5, 5.41) is 19.1. The molecule has 134 valence electrons. The molecule has 1 aliphatic heterocycles. The summed E-state index contributed by atoms with van der Waals surface area (Å²) in [5.74, 6) is -3.72. The number of nitrogens with zero attached hydrogens (tertiary/aromatic N) is 3. The Kier molecular flexibility index (Phi) is 4.80. The van der Waals surface area contributed by atoms with Crippen LogP contribution in [0.5, 0.6) is 5.88 Å². The number of anilines is 1. The van der Waals surface area contributed by atoms with Crippen LogP contribution in [-0.2, 0) is 5.75 Å². The molecule has 1 aliphatic rings. The van der Waals surface area contributed by atoms with Gasteiger partial charge in [0.05, 0.1) is 17.8 Å². The van der Waals surface area contributed by atoms with Crippen molar-refractivity contribution in [2.24, 2.45) is 10.2 Å². The predicted octanol–water partition coefficient (Wildman–Crippen LogP) is 2.24. The van der Waals surface area contributed by atoms with Gasteiger partial charge in [-0.05, 0) is 18.2 Å². The minimum absolute atomic E-state index is 0.0375. The highest BCUT2D eigenvalue weighted by Crippen LogP contribution is 2.28. The molecule has 8 nitrogen and oxygen atoms in total. The molecule has 2 heterocycles. The molecule has 0 saturated heterocycles. The van der Waals surface area contributed by atoms with E-state index in [4.69, 9.17) is 0 Å². The first-order valence-corrected chi connectivity index (χ1v) is 7.85. The van der Waals surface area contributed by atoms with Gasteiger partial charge in [-0.25, -0.2) is 8.78 Å². The molecule has 0 aliphatic carbocycles. The summed E-state index contributed by atoms with van der Waals surface area (Å²) < 4.78 is 28.4. The number of rotatable bonds is 4. The Morgan fingerprint density at radius 1 is 1.35 bits per heavy atom. The van der Waals surface area contributed by atoms with E-state index in [2.05, 4.69) is 38.1 Å². The van der Waals surface area contributed by atoms with E-state index in [1.165, 1.54) is 6.08 Å². The van der Waals surface area contributed by atoms with E-state index in [9.17, 15) is 23.5 Å². The van der Waals surface area contributed by atoms with Crippen molar-refractivity contribution in [1.29, 1.82) is 0 Å². The molecule has 0 bridgehead atoms. The molecule has 3 rings (SSSR count). The van der Waals surface area contributed by atoms with Crippen molar-refractivity contribution in [2.45, 2.75) is 5.75 Å². The van der Waals surface area contributed by atoms with Crippen LogP contribution < -0.4 is 10.9 Å². The lowest BCUT2D eigenvalue weighted by Gasteiger charge is -2.09. The molecule has 1 aromatic heterocycles. The molecular weight excluding hydrogens is 368 g/mol. The number of aromatic hydroxyl groups is 1. The number of carbonyl (C=O) groups excluding carboxylic acids is 1. The zero-order valence-corrected chi connectivity index (χ0v) is 13.8. The summed E-state index contributed by atoms with van der Waals surface area (Å²) in [5.41, 5.74) is -2.16. The Morgan fingerprint density at radius 2 is 2.04 bits per heavy atom. The van der Waals surface area contributed by atoms with Crippen LogP contribution in [0.2, 0.25) is 0 Å². The van der Waals surface area contributed by atoms with E-state index in [1.807, 2.05) is 0 Å². The van der Waals surface area contributed by atoms with E-state index in [1.54, 1.807) is 0 Å². The molecular formula is C15H11F2N5O3S. The number of hydrogen-bond acceptors (Lipinski definition) is 7. The van der Waals surface area contributed by atoms with Crippen LogP contribution in [0, 0.1) is 11.6 Å². The van der Waals surface area contributed by atoms with Crippen molar-refractivity contribution in [2.75, 3.05) is 11.9 Å². The Balaban J connectivity index is 1.91. The lowest BCUT2D eigenvalue weighted by Crippen LogP contribution is -2.25. The molecule has 26 heavy (non-hydrogen) atoms. The van der Waals surface area contributed by atoms with Crippen LogP contribution in [0.3, 0.4) is 0 Å². The smallest absolute Gasteiger partial charge is 0.267 e. The third kappa shape index (κ3) is 3.33. The van der Waals surface area contributed by atoms with Crippen molar-refractivity contribution in [3.8, 4) is 5.88 Å². The summed E-state index contributed by atoms with van der Waals surface area (Å²) in [6.45, 7) is 0.226. The number of aromatic amines is 1. The van der Waals surface area contributed by atoms with Crippen LogP contribution in [-0.4, -0.2) is 27.5 Å². The van der Waals surface area contributed by atoms with Gasteiger partial charge in [0, 0.05) is 11.4 Å². The fourth-order valence-corrected chi connectivity index (χ4v) is 2.46. The monoisotopic (exact) mass is 379 g/mol. The van der Waals surface area contributed by atoms with Crippen molar-refractivity contribution in [1.82, 2.24) is 9.97 Å². The van der Waals surface area contributed by atoms with Gasteiger partial charge in [0.1, 0.15) is 17.5 Å². The number of hydrogen-bond donors (Lipinski definition) is 4. The van der Waals surface area contributed by atoms with Crippen molar-refractivity contribution in [3.05, 3.63) is 57.1 Å². The topological polar surface area (TPSA) is 120 Å². The van der Waals surface area contributed by atoms with Crippen molar-refractivity contribution < 1.29 is 18.7 Å². The Morgan fingerprint density at radius 3 is 2.58 bits per heavy atom. The third-order valence-corrected chi connectivity index (χ3v) is 3.73. The first-order chi connectivity index (χ1) is 12.4. The average Bonchev–Trinajstić information content (AvgIpc) is 3.07. The lowest BCUT2D eigenvalue weighted by atomic mass is 10.1. The van der Waals surface area contributed by atoms with E-state index in [-0.39, 0.29) is 35.1 Å². The number of nitrogens with one attached hydrogen (secondary N) is 2. The van der Waals surface area contributed by atoms with Gasteiger partial charge >= 0.3 is 0 Å². The summed E-state index contributed by atoms with van der Waals surface area (Å²) >= 11 is 3.89. The molecule has 1 aromatic carbocycles. The van der Waals surface area contributed by atoms with Crippen LogP contribution in [0.15, 0.2) is 33.2 Å². The first kappa shape index (κ1) is 17.7. The largest absolute Gasteiger partial charge is 0.493 e. The molecule has 1 amide bonds. The summed E-state index contributed by atoms with van der Waals surface area (Å²) in [4.78, 5) is 29.9. The van der Waals surface area contributed by atoms with Crippen molar-refractivity contribution >= 4 is 29.9 Å².